The Morgan fingerprint density at radius 2 is 2.17 bits per heavy atom. The number of hydrogen-bond donors (Lipinski definition) is 0. The number of methoxy groups -OCH3 is 1. The first-order chi connectivity index (χ1) is 11.1. The van der Waals surface area contributed by atoms with Gasteiger partial charge < -0.3 is 9.47 Å². The highest BCUT2D eigenvalue weighted by Crippen LogP contribution is 2.26. The topological polar surface area (TPSA) is 38.8 Å². The number of rotatable bonds is 7. The molecule has 1 aliphatic heterocycles. The minimum atomic E-state index is -0.133. The summed E-state index contributed by atoms with van der Waals surface area (Å²) in [6.07, 6.45) is 0.457. The number of carbonyl (C=O) groups is 1. The van der Waals surface area contributed by atoms with E-state index in [1.807, 2.05) is 30.0 Å². The maximum Gasteiger partial charge on any atom is 0.307 e. The standard InChI is InChI=1S/C18H27NO3S/c1-14(2)12-22-17-7-5-4-6-15(17)11-19-8-9-23-13-16(19)10-18(20)21-3/h4-7,14,16H,8-13H2,1-3H3/t16-/m1/s1. The van der Waals surface area contributed by atoms with Crippen molar-refractivity contribution in [2.45, 2.75) is 32.9 Å². The quantitative estimate of drug-likeness (QED) is 0.715. The van der Waals surface area contributed by atoms with Crippen LogP contribution in [0.1, 0.15) is 25.8 Å². The van der Waals surface area contributed by atoms with E-state index in [0.29, 0.717) is 12.3 Å². The smallest absolute Gasteiger partial charge is 0.307 e. The van der Waals surface area contributed by atoms with E-state index in [-0.39, 0.29) is 12.0 Å². The van der Waals surface area contributed by atoms with Gasteiger partial charge in [-0.3, -0.25) is 9.69 Å². The van der Waals surface area contributed by atoms with E-state index >= 15 is 0 Å². The summed E-state index contributed by atoms with van der Waals surface area (Å²) < 4.78 is 10.8. The summed E-state index contributed by atoms with van der Waals surface area (Å²) in [6, 6.07) is 8.44. The molecule has 1 fully saturated rings. The third-order valence-electron chi connectivity index (χ3n) is 3.90. The normalized spacial score (nSPS) is 18.9. The summed E-state index contributed by atoms with van der Waals surface area (Å²) in [7, 11) is 1.46. The highest BCUT2D eigenvalue weighted by molar-refractivity contribution is 7.99. The zero-order valence-corrected chi connectivity index (χ0v) is 15.1. The number of nitrogens with zero attached hydrogens (tertiary/aromatic N) is 1. The maximum atomic E-state index is 11.6. The molecular weight excluding hydrogens is 310 g/mol. The molecule has 0 bridgehead atoms. The van der Waals surface area contributed by atoms with Crippen LogP contribution in [-0.2, 0) is 16.1 Å². The second kappa shape index (κ2) is 9.18. The second-order valence-electron chi connectivity index (χ2n) is 6.29. The minimum absolute atomic E-state index is 0.133. The van der Waals surface area contributed by atoms with Crippen LogP contribution in [0.4, 0.5) is 0 Å². The SMILES string of the molecule is COC(=O)C[C@@H]1CSCCN1Cc1ccccc1OCC(C)C. The fourth-order valence-corrected chi connectivity index (χ4v) is 3.74. The van der Waals surface area contributed by atoms with Crippen LogP contribution >= 0.6 is 11.8 Å². The molecule has 0 spiro atoms. The van der Waals surface area contributed by atoms with E-state index in [1.165, 1.54) is 12.7 Å². The van der Waals surface area contributed by atoms with Crippen molar-refractivity contribution in [3.05, 3.63) is 29.8 Å². The summed E-state index contributed by atoms with van der Waals surface area (Å²) in [5.74, 6) is 3.40. The Morgan fingerprint density at radius 3 is 2.91 bits per heavy atom. The number of hydrogen-bond acceptors (Lipinski definition) is 5. The van der Waals surface area contributed by atoms with E-state index in [1.54, 1.807) is 0 Å². The lowest BCUT2D eigenvalue weighted by Gasteiger charge is -2.35. The van der Waals surface area contributed by atoms with Gasteiger partial charge in [0.15, 0.2) is 0 Å². The molecule has 1 aromatic carbocycles. The van der Waals surface area contributed by atoms with Crippen molar-refractivity contribution in [2.75, 3.05) is 31.8 Å². The molecule has 128 valence electrons. The number of thioether (sulfide) groups is 1. The molecule has 5 heteroatoms. The molecule has 0 saturated carbocycles. The van der Waals surface area contributed by atoms with Crippen molar-refractivity contribution in [2.24, 2.45) is 5.92 Å². The Hall–Kier alpha value is -1.20. The Kier molecular flexibility index (Phi) is 7.24. The lowest BCUT2D eigenvalue weighted by Crippen LogP contribution is -2.43. The first kappa shape index (κ1) is 18.1. The highest BCUT2D eigenvalue weighted by Gasteiger charge is 2.26. The molecule has 1 atom stereocenters. The Morgan fingerprint density at radius 1 is 1.39 bits per heavy atom. The van der Waals surface area contributed by atoms with Crippen LogP contribution in [0.25, 0.3) is 0 Å². The third kappa shape index (κ3) is 5.74. The number of carbonyl (C=O) groups excluding carboxylic acids is 1. The summed E-state index contributed by atoms with van der Waals surface area (Å²) in [6.45, 7) is 6.83. The molecule has 0 aliphatic carbocycles. The van der Waals surface area contributed by atoms with Gasteiger partial charge >= 0.3 is 5.97 Å². The van der Waals surface area contributed by atoms with Crippen molar-refractivity contribution in [1.29, 1.82) is 0 Å². The fraction of sp³-hybridized carbons (Fsp3) is 0.611. The second-order valence-corrected chi connectivity index (χ2v) is 7.44. The Bertz CT molecular complexity index is 507. The predicted octanol–water partition coefficient (Wildman–Crippen LogP) is 3.20. The van der Waals surface area contributed by atoms with Crippen molar-refractivity contribution in [1.82, 2.24) is 4.90 Å². The van der Waals surface area contributed by atoms with Crippen LogP contribution in [0.5, 0.6) is 5.75 Å². The monoisotopic (exact) mass is 337 g/mol. The van der Waals surface area contributed by atoms with Gasteiger partial charge in [-0.15, -0.1) is 0 Å². The average Bonchev–Trinajstić information content (AvgIpc) is 2.55. The van der Waals surface area contributed by atoms with Crippen LogP contribution < -0.4 is 4.74 Å². The Labute approximate surface area is 143 Å². The lowest BCUT2D eigenvalue weighted by molar-refractivity contribution is -0.141. The number of esters is 1. The third-order valence-corrected chi connectivity index (χ3v) is 4.99. The molecule has 0 amide bonds. The molecule has 23 heavy (non-hydrogen) atoms. The first-order valence-electron chi connectivity index (χ1n) is 8.19. The van der Waals surface area contributed by atoms with Crippen LogP contribution in [0.2, 0.25) is 0 Å². The summed E-state index contributed by atoms with van der Waals surface area (Å²) in [5, 5.41) is 0. The number of para-hydroxylation sites is 1. The van der Waals surface area contributed by atoms with Gasteiger partial charge in [-0.2, -0.15) is 11.8 Å². The first-order valence-corrected chi connectivity index (χ1v) is 9.35. The molecule has 0 unspecified atom stereocenters. The van der Waals surface area contributed by atoms with Gasteiger partial charge in [-0.1, -0.05) is 32.0 Å². The number of benzene rings is 1. The maximum absolute atomic E-state index is 11.6. The van der Waals surface area contributed by atoms with E-state index in [4.69, 9.17) is 9.47 Å². The van der Waals surface area contributed by atoms with Gasteiger partial charge in [0, 0.05) is 36.2 Å². The Balaban J connectivity index is 2.05. The summed E-state index contributed by atoms with van der Waals surface area (Å²) in [5.41, 5.74) is 1.19. The van der Waals surface area contributed by atoms with Crippen LogP contribution in [0, 0.1) is 5.92 Å². The summed E-state index contributed by atoms with van der Waals surface area (Å²) >= 11 is 1.91. The molecule has 2 rings (SSSR count). The molecule has 4 nitrogen and oxygen atoms in total. The molecule has 1 saturated heterocycles. The molecule has 0 aromatic heterocycles. The van der Waals surface area contributed by atoms with Crippen molar-refractivity contribution < 1.29 is 14.3 Å². The van der Waals surface area contributed by atoms with Crippen molar-refractivity contribution in [3.8, 4) is 5.75 Å². The van der Waals surface area contributed by atoms with Gasteiger partial charge in [0.05, 0.1) is 20.1 Å². The van der Waals surface area contributed by atoms with Crippen LogP contribution in [0.15, 0.2) is 24.3 Å². The largest absolute Gasteiger partial charge is 0.493 e. The van der Waals surface area contributed by atoms with Gasteiger partial charge in [0.25, 0.3) is 0 Å². The molecule has 1 heterocycles. The van der Waals surface area contributed by atoms with Crippen molar-refractivity contribution in [3.63, 3.8) is 0 Å². The molecule has 0 N–H and O–H groups in total. The van der Waals surface area contributed by atoms with Gasteiger partial charge in [0.1, 0.15) is 5.75 Å². The zero-order chi connectivity index (χ0) is 16.7. The molecule has 1 aliphatic rings. The highest BCUT2D eigenvalue weighted by atomic mass is 32.2. The van der Waals surface area contributed by atoms with Crippen LogP contribution in [0.3, 0.4) is 0 Å². The summed E-state index contributed by atoms with van der Waals surface area (Å²) in [4.78, 5) is 14.0. The van der Waals surface area contributed by atoms with Gasteiger partial charge in [-0.25, -0.2) is 0 Å². The zero-order valence-electron chi connectivity index (χ0n) is 14.3. The van der Waals surface area contributed by atoms with Crippen LogP contribution in [-0.4, -0.2) is 48.7 Å². The number of ether oxygens (including phenoxy) is 2. The fourth-order valence-electron chi connectivity index (χ4n) is 2.61. The molecule has 0 radical (unpaired) electrons. The van der Waals surface area contributed by atoms with E-state index in [2.05, 4.69) is 24.8 Å². The van der Waals surface area contributed by atoms with E-state index in [9.17, 15) is 4.79 Å². The predicted molar refractivity (Wildman–Crippen MR) is 94.9 cm³/mol. The van der Waals surface area contributed by atoms with E-state index < -0.39 is 0 Å². The molecular formula is C18H27NO3S. The van der Waals surface area contributed by atoms with Crippen molar-refractivity contribution >= 4 is 17.7 Å². The molecule has 1 aromatic rings. The van der Waals surface area contributed by atoms with E-state index in [0.717, 1.165) is 37.0 Å². The average molecular weight is 337 g/mol. The van der Waals surface area contributed by atoms with Gasteiger partial charge in [0.2, 0.25) is 0 Å². The lowest BCUT2D eigenvalue weighted by atomic mass is 10.1. The van der Waals surface area contributed by atoms with Gasteiger partial charge in [-0.05, 0) is 12.0 Å². The minimum Gasteiger partial charge on any atom is -0.493 e.